The van der Waals surface area contributed by atoms with Crippen molar-refractivity contribution in [1.29, 1.82) is 0 Å². The number of aromatic nitrogens is 2. The maximum atomic E-state index is 12.9. The number of piperidine rings is 1. The van der Waals surface area contributed by atoms with E-state index in [0.29, 0.717) is 17.9 Å². The second-order valence-electron chi connectivity index (χ2n) is 8.06. The lowest BCUT2D eigenvalue weighted by molar-refractivity contribution is -0.136. The molecule has 0 saturated carbocycles. The molecule has 0 radical (unpaired) electrons. The fourth-order valence-electron chi connectivity index (χ4n) is 3.98. The first-order valence-corrected chi connectivity index (χ1v) is 11.4. The summed E-state index contributed by atoms with van der Waals surface area (Å²) in [4.78, 5) is 46.1. The highest BCUT2D eigenvalue weighted by Crippen LogP contribution is 2.19. The molecule has 2 atom stereocenters. The third kappa shape index (κ3) is 4.54. The van der Waals surface area contributed by atoms with Gasteiger partial charge in [0.1, 0.15) is 11.6 Å². The van der Waals surface area contributed by atoms with Gasteiger partial charge in [0, 0.05) is 36.3 Å². The second-order valence-corrected chi connectivity index (χ2v) is 9.15. The summed E-state index contributed by atoms with van der Waals surface area (Å²) in [6.45, 7) is 4.39. The van der Waals surface area contributed by atoms with E-state index >= 15 is 0 Å². The van der Waals surface area contributed by atoms with Crippen LogP contribution in [0.2, 0.25) is 0 Å². The Balaban J connectivity index is 1.50. The highest BCUT2D eigenvalue weighted by molar-refractivity contribution is 7.17. The third-order valence-corrected chi connectivity index (χ3v) is 6.72. The molecule has 0 bridgehead atoms. The van der Waals surface area contributed by atoms with Crippen LogP contribution in [0.3, 0.4) is 0 Å². The van der Waals surface area contributed by atoms with Crippen LogP contribution in [0.4, 0.5) is 0 Å². The average Bonchev–Trinajstić information content (AvgIpc) is 3.18. The molecule has 4 rings (SSSR count). The van der Waals surface area contributed by atoms with E-state index in [9.17, 15) is 14.4 Å². The van der Waals surface area contributed by atoms with Gasteiger partial charge in [-0.2, -0.15) is 0 Å². The monoisotopic (exact) mass is 438 g/mol. The molecule has 3 aromatic rings. The lowest BCUT2D eigenvalue weighted by Gasteiger charge is -2.35. The van der Waals surface area contributed by atoms with Crippen LogP contribution >= 0.6 is 11.3 Å². The summed E-state index contributed by atoms with van der Waals surface area (Å²) < 4.78 is 1.41. The highest BCUT2D eigenvalue weighted by atomic mass is 32.1. The van der Waals surface area contributed by atoms with E-state index < -0.39 is 17.5 Å². The predicted molar refractivity (Wildman–Crippen MR) is 121 cm³/mol. The molecule has 7 nitrogen and oxygen atoms in total. The molecule has 1 fully saturated rings. The Hall–Kier alpha value is -3.00. The Kier molecular flexibility index (Phi) is 6.18. The van der Waals surface area contributed by atoms with Crippen LogP contribution in [0.5, 0.6) is 0 Å². The summed E-state index contributed by atoms with van der Waals surface area (Å²) >= 11 is 1.42. The molecule has 1 aromatic carbocycles. The summed E-state index contributed by atoms with van der Waals surface area (Å²) in [5.41, 5.74) is 0.649. The van der Waals surface area contributed by atoms with E-state index in [0.717, 1.165) is 29.7 Å². The Morgan fingerprint density at radius 2 is 2.03 bits per heavy atom. The minimum absolute atomic E-state index is 0.0621. The normalized spacial score (nSPS) is 17.5. The number of amides is 2. The molecule has 3 heterocycles. The maximum Gasteiger partial charge on any atom is 0.271 e. The topological polar surface area (TPSA) is 83.8 Å². The number of benzene rings is 1. The molecule has 8 heteroatoms. The molecule has 162 valence electrons. The van der Waals surface area contributed by atoms with Crippen molar-refractivity contribution in [1.82, 2.24) is 19.6 Å². The van der Waals surface area contributed by atoms with Crippen molar-refractivity contribution < 1.29 is 9.59 Å². The number of nitrogens with zero attached hydrogens (tertiary/aromatic N) is 3. The number of fused-ring (bicyclic) bond motifs is 1. The van der Waals surface area contributed by atoms with Crippen LogP contribution in [0, 0.1) is 0 Å². The molecule has 1 aliphatic heterocycles. The smallest absolute Gasteiger partial charge is 0.271 e. The average molecular weight is 439 g/mol. The number of carbonyl (C=O) groups is 2. The molecule has 2 amide bonds. The number of carbonyl (C=O) groups excluding carboxylic acids is 2. The molecular formula is C23H26N4O3S. The number of likely N-dealkylation sites (tertiary alicyclic amines) is 1. The molecule has 0 aliphatic carbocycles. The van der Waals surface area contributed by atoms with Crippen molar-refractivity contribution in [2.24, 2.45) is 0 Å². The van der Waals surface area contributed by atoms with Gasteiger partial charge in [0.05, 0.1) is 0 Å². The Morgan fingerprint density at radius 3 is 2.77 bits per heavy atom. The summed E-state index contributed by atoms with van der Waals surface area (Å²) in [7, 11) is 0. The summed E-state index contributed by atoms with van der Waals surface area (Å²) in [5, 5.41) is 2.69. The zero-order chi connectivity index (χ0) is 22.0. The van der Waals surface area contributed by atoms with Crippen LogP contribution in [0.25, 0.3) is 4.96 Å². The van der Waals surface area contributed by atoms with Gasteiger partial charge in [-0.05, 0) is 38.7 Å². The van der Waals surface area contributed by atoms with Crippen LogP contribution in [0.1, 0.15) is 53.9 Å². The zero-order valence-corrected chi connectivity index (χ0v) is 18.5. The quantitative estimate of drug-likeness (QED) is 0.664. The van der Waals surface area contributed by atoms with E-state index in [1.54, 1.807) is 13.1 Å². The van der Waals surface area contributed by atoms with Gasteiger partial charge in [-0.3, -0.25) is 18.8 Å². The Labute approximate surface area is 184 Å². The van der Waals surface area contributed by atoms with Gasteiger partial charge in [-0.15, -0.1) is 11.3 Å². The number of hydrogen-bond donors (Lipinski definition) is 1. The Morgan fingerprint density at radius 1 is 1.26 bits per heavy atom. The molecule has 1 saturated heterocycles. The van der Waals surface area contributed by atoms with Crippen LogP contribution < -0.4 is 10.9 Å². The number of thiazole rings is 1. The summed E-state index contributed by atoms with van der Waals surface area (Å²) in [6.07, 6.45) is 6.79. The SMILES string of the molecule is CC(NC(=O)c1cnc2sc(Cc3ccccc3)cn2c1=O)C(=O)N1CCCCC1C. The molecule has 0 spiro atoms. The molecular weight excluding hydrogens is 412 g/mol. The number of rotatable bonds is 5. The minimum atomic E-state index is -0.704. The lowest BCUT2D eigenvalue weighted by atomic mass is 10.0. The number of hydrogen-bond acceptors (Lipinski definition) is 5. The lowest BCUT2D eigenvalue weighted by Crippen LogP contribution is -2.52. The summed E-state index contributed by atoms with van der Waals surface area (Å²) in [6, 6.07) is 9.43. The van der Waals surface area contributed by atoms with Crippen molar-refractivity contribution in [3.8, 4) is 0 Å². The van der Waals surface area contributed by atoms with Crippen molar-refractivity contribution >= 4 is 28.1 Å². The first kappa shape index (κ1) is 21.2. The van der Waals surface area contributed by atoms with E-state index in [4.69, 9.17) is 0 Å². The van der Waals surface area contributed by atoms with E-state index in [1.165, 1.54) is 21.9 Å². The first-order valence-electron chi connectivity index (χ1n) is 10.6. The maximum absolute atomic E-state index is 12.9. The van der Waals surface area contributed by atoms with Crippen molar-refractivity contribution in [2.45, 2.75) is 51.6 Å². The van der Waals surface area contributed by atoms with Crippen LogP contribution in [-0.4, -0.2) is 44.7 Å². The van der Waals surface area contributed by atoms with E-state index in [1.807, 2.05) is 42.2 Å². The molecule has 2 aromatic heterocycles. The van der Waals surface area contributed by atoms with E-state index in [-0.39, 0.29) is 17.5 Å². The largest absolute Gasteiger partial charge is 0.340 e. The van der Waals surface area contributed by atoms with Gasteiger partial charge in [0.25, 0.3) is 11.5 Å². The Bertz CT molecular complexity index is 1150. The molecule has 2 unspecified atom stereocenters. The molecule has 31 heavy (non-hydrogen) atoms. The minimum Gasteiger partial charge on any atom is -0.340 e. The standard InChI is InChI=1S/C23H26N4O3S/c1-15-8-6-7-11-26(15)21(29)16(2)25-20(28)19-13-24-23-27(22(19)30)14-18(31-23)12-17-9-4-3-5-10-17/h3-5,9-10,13-16H,6-8,11-12H2,1-2H3,(H,25,28). The van der Waals surface area contributed by atoms with Gasteiger partial charge >= 0.3 is 0 Å². The van der Waals surface area contributed by atoms with Gasteiger partial charge in [-0.1, -0.05) is 30.3 Å². The predicted octanol–water partition coefficient (Wildman–Crippen LogP) is 2.87. The zero-order valence-electron chi connectivity index (χ0n) is 17.7. The van der Waals surface area contributed by atoms with Crippen LogP contribution in [-0.2, 0) is 11.2 Å². The first-order chi connectivity index (χ1) is 14.9. The fourth-order valence-corrected chi connectivity index (χ4v) is 4.95. The number of nitrogens with one attached hydrogen (secondary N) is 1. The van der Waals surface area contributed by atoms with Crippen molar-refractivity contribution in [3.05, 3.63) is 69.1 Å². The van der Waals surface area contributed by atoms with Crippen molar-refractivity contribution in [3.63, 3.8) is 0 Å². The van der Waals surface area contributed by atoms with Crippen LogP contribution in [0.15, 0.2) is 47.5 Å². The van der Waals surface area contributed by atoms with Gasteiger partial charge in [0.15, 0.2) is 4.96 Å². The van der Waals surface area contributed by atoms with Gasteiger partial charge < -0.3 is 10.2 Å². The summed E-state index contributed by atoms with van der Waals surface area (Å²) in [5.74, 6) is -0.691. The van der Waals surface area contributed by atoms with Gasteiger partial charge in [-0.25, -0.2) is 4.98 Å². The fraction of sp³-hybridized carbons (Fsp3) is 0.391. The van der Waals surface area contributed by atoms with E-state index in [2.05, 4.69) is 10.3 Å². The van der Waals surface area contributed by atoms with Crippen molar-refractivity contribution in [2.75, 3.05) is 6.54 Å². The van der Waals surface area contributed by atoms with Gasteiger partial charge in [0.2, 0.25) is 5.91 Å². The third-order valence-electron chi connectivity index (χ3n) is 5.72. The highest BCUT2D eigenvalue weighted by Gasteiger charge is 2.28. The second kappa shape index (κ2) is 9.01. The molecule has 1 aliphatic rings. The molecule has 1 N–H and O–H groups in total.